The molecule has 0 aliphatic carbocycles. The summed E-state index contributed by atoms with van der Waals surface area (Å²) in [6.07, 6.45) is -0.673. The molecule has 0 radical (unpaired) electrons. The first-order valence-electron chi connectivity index (χ1n) is 11.6. The van der Waals surface area contributed by atoms with Crippen LogP contribution >= 0.6 is 0 Å². The van der Waals surface area contributed by atoms with Crippen molar-refractivity contribution in [1.29, 1.82) is 0 Å². The van der Waals surface area contributed by atoms with E-state index in [1.165, 1.54) is 19.8 Å². The van der Waals surface area contributed by atoms with Crippen LogP contribution in [-0.2, 0) is 0 Å². The normalized spacial score (nSPS) is 12.8. The Balaban J connectivity index is 2.64. The number of halogens is 3. The molecule has 0 bridgehead atoms. The van der Waals surface area contributed by atoms with Gasteiger partial charge in [-0.25, -0.2) is 0 Å². The minimum atomic E-state index is -4.53. The Morgan fingerprint density at radius 3 is 2.17 bits per heavy atom. The maximum Gasteiger partial charge on any atom is 0.405 e. The van der Waals surface area contributed by atoms with Crippen LogP contribution in [0.5, 0.6) is 11.5 Å². The molecular formula is C27H35F3N2O3. The number of amides is 1. The van der Waals surface area contributed by atoms with Crippen molar-refractivity contribution in [2.45, 2.75) is 59.6 Å². The van der Waals surface area contributed by atoms with Crippen LogP contribution in [0.25, 0.3) is 0 Å². The number of benzene rings is 2. The highest BCUT2D eigenvalue weighted by atomic mass is 19.4. The number of rotatable bonds is 10. The summed E-state index contributed by atoms with van der Waals surface area (Å²) in [4.78, 5) is 14.6. The Morgan fingerprint density at radius 1 is 1.11 bits per heavy atom. The summed E-state index contributed by atoms with van der Waals surface area (Å²) >= 11 is 0. The molecule has 0 heterocycles. The Morgan fingerprint density at radius 2 is 1.71 bits per heavy atom. The molecule has 0 aliphatic rings. The van der Waals surface area contributed by atoms with E-state index < -0.39 is 18.6 Å². The number of anilines is 2. The third-order valence-corrected chi connectivity index (χ3v) is 6.01. The first-order chi connectivity index (χ1) is 16.4. The highest BCUT2D eigenvalue weighted by Crippen LogP contribution is 2.39. The van der Waals surface area contributed by atoms with Gasteiger partial charge in [-0.3, -0.25) is 4.79 Å². The third-order valence-electron chi connectivity index (χ3n) is 6.01. The van der Waals surface area contributed by atoms with Crippen LogP contribution < -0.4 is 19.7 Å². The Labute approximate surface area is 205 Å². The Kier molecular flexibility index (Phi) is 9.63. The minimum absolute atomic E-state index is 0.0945. The maximum atomic E-state index is 12.7. The first kappa shape index (κ1) is 28.1. The van der Waals surface area contributed by atoms with Gasteiger partial charge in [-0.2, -0.15) is 13.2 Å². The summed E-state index contributed by atoms with van der Waals surface area (Å²) in [5.41, 5.74) is 4.91. The zero-order chi connectivity index (χ0) is 26.3. The molecule has 0 fully saturated rings. The summed E-state index contributed by atoms with van der Waals surface area (Å²) in [5.74, 6) is -0.275. The van der Waals surface area contributed by atoms with Crippen molar-refractivity contribution < 1.29 is 27.4 Å². The molecule has 35 heavy (non-hydrogen) atoms. The topological polar surface area (TPSA) is 50.8 Å². The first-order valence-corrected chi connectivity index (χ1v) is 11.6. The number of ether oxygens (including phenoxy) is 2. The molecule has 0 saturated heterocycles. The smallest absolute Gasteiger partial charge is 0.405 e. The van der Waals surface area contributed by atoms with Crippen molar-refractivity contribution in [3.63, 3.8) is 0 Å². The summed E-state index contributed by atoms with van der Waals surface area (Å²) in [6.45, 7) is 8.99. The van der Waals surface area contributed by atoms with Crippen LogP contribution in [0.4, 0.5) is 24.5 Å². The molecule has 5 nitrogen and oxygen atoms in total. The van der Waals surface area contributed by atoms with Gasteiger partial charge in [0, 0.05) is 24.0 Å². The second kappa shape index (κ2) is 12.0. The largest absolute Gasteiger partial charge is 0.496 e. The van der Waals surface area contributed by atoms with Gasteiger partial charge < -0.3 is 19.7 Å². The van der Waals surface area contributed by atoms with Crippen molar-refractivity contribution in [2.75, 3.05) is 25.7 Å². The number of carbonyl (C=O) groups excluding carboxylic acids is 1. The highest BCUT2D eigenvalue weighted by Gasteiger charge is 2.30. The monoisotopic (exact) mass is 492 g/mol. The second-order valence-electron chi connectivity index (χ2n) is 8.58. The van der Waals surface area contributed by atoms with Gasteiger partial charge in [0.2, 0.25) is 0 Å². The molecule has 0 aromatic heterocycles. The fraction of sp³-hybridized carbons (Fsp3) is 0.444. The number of aryl methyl sites for hydroxylation is 1. The van der Waals surface area contributed by atoms with E-state index in [0.29, 0.717) is 11.6 Å². The summed E-state index contributed by atoms with van der Waals surface area (Å²) < 4.78 is 48.8. The third kappa shape index (κ3) is 7.16. The SMILES string of the molecule is CC/C(C)=C\N(c1cc(OC)c(C(=O)NCC(F)(F)F)c(OC)c1)c1ccc(C(C)CC)cc1C. The molecule has 1 atom stereocenters. The van der Waals surface area contributed by atoms with E-state index in [2.05, 4.69) is 39.0 Å². The fourth-order valence-electron chi connectivity index (χ4n) is 3.62. The lowest BCUT2D eigenvalue weighted by molar-refractivity contribution is -0.123. The van der Waals surface area contributed by atoms with E-state index in [4.69, 9.17) is 9.47 Å². The number of allylic oxidation sites excluding steroid dienone is 1. The predicted octanol–water partition coefficient (Wildman–Crippen LogP) is 7.27. The number of alkyl halides is 3. The lowest BCUT2D eigenvalue weighted by atomic mass is 9.96. The van der Waals surface area contributed by atoms with Crippen molar-refractivity contribution in [1.82, 2.24) is 5.32 Å². The quantitative estimate of drug-likeness (QED) is 0.379. The van der Waals surface area contributed by atoms with Crippen LogP contribution in [0.15, 0.2) is 42.1 Å². The summed E-state index contributed by atoms with van der Waals surface area (Å²) in [7, 11) is 2.73. The molecule has 0 saturated carbocycles. The lowest BCUT2D eigenvalue weighted by Gasteiger charge is -2.26. The van der Waals surface area contributed by atoms with Gasteiger partial charge in [-0.15, -0.1) is 0 Å². The van der Waals surface area contributed by atoms with Crippen molar-refractivity contribution >= 4 is 17.3 Å². The van der Waals surface area contributed by atoms with Crippen molar-refractivity contribution in [3.05, 3.63) is 58.8 Å². The van der Waals surface area contributed by atoms with E-state index in [0.717, 1.165) is 29.7 Å². The average Bonchev–Trinajstić information content (AvgIpc) is 2.83. The fourth-order valence-corrected chi connectivity index (χ4v) is 3.62. The minimum Gasteiger partial charge on any atom is -0.496 e. The van der Waals surface area contributed by atoms with E-state index >= 15 is 0 Å². The number of hydrogen-bond donors (Lipinski definition) is 1. The summed E-state index contributed by atoms with van der Waals surface area (Å²) in [6, 6.07) is 9.59. The molecule has 2 rings (SSSR count). The highest BCUT2D eigenvalue weighted by molar-refractivity contribution is 6.00. The van der Waals surface area contributed by atoms with E-state index in [-0.39, 0.29) is 17.1 Å². The van der Waals surface area contributed by atoms with Gasteiger partial charge in [0.15, 0.2) is 0 Å². The van der Waals surface area contributed by atoms with Crippen LogP contribution in [0.3, 0.4) is 0 Å². The van der Waals surface area contributed by atoms with Gasteiger partial charge in [-0.05, 0) is 49.8 Å². The molecule has 1 amide bonds. The van der Waals surface area contributed by atoms with Gasteiger partial charge >= 0.3 is 6.18 Å². The van der Waals surface area contributed by atoms with Crippen LogP contribution in [-0.4, -0.2) is 32.8 Å². The molecule has 2 aromatic carbocycles. The number of nitrogens with zero attached hydrogens (tertiary/aromatic N) is 1. The molecule has 0 spiro atoms. The van der Waals surface area contributed by atoms with E-state index in [1.54, 1.807) is 12.1 Å². The van der Waals surface area contributed by atoms with Crippen molar-refractivity contribution in [2.24, 2.45) is 0 Å². The van der Waals surface area contributed by atoms with Gasteiger partial charge in [0.25, 0.3) is 5.91 Å². The predicted molar refractivity (Wildman–Crippen MR) is 134 cm³/mol. The summed E-state index contributed by atoms with van der Waals surface area (Å²) in [5, 5.41) is 1.89. The molecule has 1 N–H and O–H groups in total. The molecule has 0 aliphatic heterocycles. The van der Waals surface area contributed by atoms with Crippen LogP contribution in [0, 0.1) is 6.92 Å². The number of carbonyl (C=O) groups is 1. The Bertz CT molecular complexity index is 1040. The van der Waals surface area contributed by atoms with Crippen molar-refractivity contribution in [3.8, 4) is 11.5 Å². The van der Waals surface area contributed by atoms with Gasteiger partial charge in [0.1, 0.15) is 23.6 Å². The second-order valence-corrected chi connectivity index (χ2v) is 8.58. The number of nitrogens with one attached hydrogen (secondary N) is 1. The molecular weight excluding hydrogens is 457 g/mol. The molecule has 192 valence electrons. The number of methoxy groups -OCH3 is 2. The molecule has 8 heteroatoms. The van der Waals surface area contributed by atoms with E-state index in [1.807, 2.05) is 30.3 Å². The average molecular weight is 493 g/mol. The Hall–Kier alpha value is -3.16. The zero-order valence-corrected chi connectivity index (χ0v) is 21.5. The number of hydrogen-bond acceptors (Lipinski definition) is 4. The molecule has 2 aromatic rings. The van der Waals surface area contributed by atoms with Gasteiger partial charge in [0.05, 0.1) is 19.9 Å². The van der Waals surface area contributed by atoms with Crippen LogP contribution in [0.2, 0.25) is 0 Å². The zero-order valence-electron chi connectivity index (χ0n) is 21.5. The maximum absolute atomic E-state index is 12.7. The molecule has 1 unspecified atom stereocenters. The lowest BCUT2D eigenvalue weighted by Crippen LogP contribution is -2.34. The van der Waals surface area contributed by atoms with Gasteiger partial charge in [-0.1, -0.05) is 38.5 Å². The van der Waals surface area contributed by atoms with Crippen LogP contribution in [0.1, 0.15) is 67.9 Å². The standard InChI is InChI=1S/C27H35F3N2O3/c1-8-17(3)15-32(22-11-10-20(12-19(22)5)18(4)9-2)21-13-23(34-6)25(24(14-21)35-7)26(33)31-16-27(28,29)30/h10-15,18H,8-9,16H2,1-7H3,(H,31,33)/b17-15-. The van der Waals surface area contributed by atoms with E-state index in [9.17, 15) is 18.0 Å².